The van der Waals surface area contributed by atoms with Gasteiger partial charge in [0.2, 0.25) is 0 Å². The van der Waals surface area contributed by atoms with Crippen LogP contribution in [0.1, 0.15) is 12.8 Å². The normalized spacial score (nSPS) is 19.8. The van der Waals surface area contributed by atoms with Gasteiger partial charge in [0.1, 0.15) is 0 Å². The number of nitrogens with one attached hydrogen (secondary N) is 1. The zero-order valence-corrected chi connectivity index (χ0v) is 10.2. The number of halogens is 3. The smallest absolute Gasteiger partial charge is 0.384 e. The number of piperidine rings is 1. The maximum atomic E-state index is 11.9. The zero-order chi connectivity index (χ0) is 12.7. The molecule has 1 aliphatic heterocycles. The van der Waals surface area contributed by atoms with Crippen LogP contribution in [-0.4, -0.2) is 57.5 Å². The average Bonchev–Trinajstić information content (AvgIpc) is 2.26. The molecule has 0 amide bonds. The van der Waals surface area contributed by atoms with E-state index < -0.39 is 12.7 Å². The van der Waals surface area contributed by atoms with Crippen LogP contribution in [0.2, 0.25) is 0 Å². The van der Waals surface area contributed by atoms with Crippen LogP contribution < -0.4 is 5.32 Å². The molecule has 0 bridgehead atoms. The predicted octanol–water partition coefficient (Wildman–Crippen LogP) is 1.50. The van der Waals surface area contributed by atoms with Crippen molar-refractivity contribution in [2.75, 3.05) is 46.4 Å². The van der Waals surface area contributed by atoms with Crippen molar-refractivity contribution >= 4 is 0 Å². The van der Waals surface area contributed by atoms with Crippen molar-refractivity contribution in [3.05, 3.63) is 0 Å². The first-order valence-corrected chi connectivity index (χ1v) is 6.00. The molecular weight excluding hydrogens is 233 g/mol. The molecule has 1 rings (SSSR count). The summed E-state index contributed by atoms with van der Waals surface area (Å²) in [6.07, 6.45) is -1.95. The second-order valence-electron chi connectivity index (χ2n) is 4.53. The summed E-state index contributed by atoms with van der Waals surface area (Å²) >= 11 is 0. The van der Waals surface area contributed by atoms with Gasteiger partial charge in [0.05, 0.1) is 6.54 Å². The van der Waals surface area contributed by atoms with Crippen molar-refractivity contribution < 1.29 is 17.9 Å². The fraction of sp³-hybridized carbons (Fsp3) is 1.00. The lowest BCUT2D eigenvalue weighted by molar-refractivity contribution is -0.124. The first-order chi connectivity index (χ1) is 8.01. The lowest BCUT2D eigenvalue weighted by atomic mass is 9.98. The second-order valence-corrected chi connectivity index (χ2v) is 4.53. The fourth-order valence-corrected chi connectivity index (χ4v) is 2.08. The molecule has 3 nitrogen and oxygen atoms in total. The first-order valence-electron chi connectivity index (χ1n) is 6.00. The Bertz CT molecular complexity index is 203. The summed E-state index contributed by atoms with van der Waals surface area (Å²) in [6.45, 7) is 2.90. The van der Waals surface area contributed by atoms with Gasteiger partial charge in [-0.25, -0.2) is 0 Å². The fourth-order valence-electron chi connectivity index (χ4n) is 2.08. The van der Waals surface area contributed by atoms with Crippen LogP contribution >= 0.6 is 0 Å². The minimum absolute atomic E-state index is 0.397. The molecule has 1 heterocycles. The molecule has 17 heavy (non-hydrogen) atoms. The predicted molar refractivity (Wildman–Crippen MR) is 60.0 cm³/mol. The largest absolute Gasteiger partial charge is 0.401 e. The Hall–Kier alpha value is -0.330. The van der Waals surface area contributed by atoms with Crippen molar-refractivity contribution in [3.8, 4) is 0 Å². The molecule has 0 atom stereocenters. The number of hydrogen-bond acceptors (Lipinski definition) is 3. The maximum absolute atomic E-state index is 11.9. The molecule has 0 aliphatic carbocycles. The molecule has 1 fully saturated rings. The van der Waals surface area contributed by atoms with E-state index in [9.17, 15) is 13.2 Å². The zero-order valence-electron chi connectivity index (χ0n) is 10.2. The first kappa shape index (κ1) is 14.7. The molecule has 0 saturated carbocycles. The average molecular weight is 254 g/mol. The van der Waals surface area contributed by atoms with Gasteiger partial charge in [-0.15, -0.1) is 0 Å². The number of methoxy groups -OCH3 is 1. The van der Waals surface area contributed by atoms with Gasteiger partial charge in [-0.05, 0) is 31.8 Å². The van der Waals surface area contributed by atoms with Crippen molar-refractivity contribution in [2.24, 2.45) is 5.92 Å². The summed E-state index contributed by atoms with van der Waals surface area (Å²) in [5, 5.41) is 2.42. The van der Waals surface area contributed by atoms with Gasteiger partial charge in [-0.3, -0.25) is 0 Å². The van der Waals surface area contributed by atoms with Gasteiger partial charge in [-0.2, -0.15) is 13.2 Å². The third-order valence-corrected chi connectivity index (χ3v) is 3.04. The van der Waals surface area contributed by atoms with Crippen LogP contribution in [0.25, 0.3) is 0 Å². The van der Waals surface area contributed by atoms with Crippen molar-refractivity contribution in [1.29, 1.82) is 0 Å². The number of ether oxygens (including phenoxy) is 1. The second kappa shape index (κ2) is 7.18. The van der Waals surface area contributed by atoms with Crippen molar-refractivity contribution in [1.82, 2.24) is 10.2 Å². The van der Waals surface area contributed by atoms with Crippen LogP contribution in [0.15, 0.2) is 0 Å². The Morgan fingerprint density at radius 2 is 1.94 bits per heavy atom. The SMILES string of the molecule is COCC1CCN(CCNCC(F)(F)F)CC1. The molecule has 0 aromatic carbocycles. The summed E-state index contributed by atoms with van der Waals surface area (Å²) in [7, 11) is 1.70. The lowest BCUT2D eigenvalue weighted by Crippen LogP contribution is -2.40. The van der Waals surface area contributed by atoms with Gasteiger partial charge in [0.25, 0.3) is 0 Å². The monoisotopic (exact) mass is 254 g/mol. The Morgan fingerprint density at radius 3 is 2.47 bits per heavy atom. The number of likely N-dealkylation sites (tertiary alicyclic amines) is 1. The highest BCUT2D eigenvalue weighted by molar-refractivity contribution is 4.72. The van der Waals surface area contributed by atoms with Gasteiger partial charge in [0, 0.05) is 26.8 Å². The highest BCUT2D eigenvalue weighted by atomic mass is 19.4. The van der Waals surface area contributed by atoms with Gasteiger partial charge in [-0.1, -0.05) is 0 Å². The van der Waals surface area contributed by atoms with E-state index >= 15 is 0 Å². The van der Waals surface area contributed by atoms with Crippen molar-refractivity contribution in [3.63, 3.8) is 0 Å². The summed E-state index contributed by atoms with van der Waals surface area (Å²) in [6, 6.07) is 0. The van der Waals surface area contributed by atoms with E-state index in [2.05, 4.69) is 10.2 Å². The molecule has 1 aliphatic rings. The minimum Gasteiger partial charge on any atom is -0.384 e. The number of rotatable bonds is 6. The Morgan fingerprint density at radius 1 is 1.29 bits per heavy atom. The molecule has 102 valence electrons. The van der Waals surface area contributed by atoms with Gasteiger partial charge in [0.15, 0.2) is 0 Å². The molecule has 0 spiro atoms. The standard InChI is InChI=1S/C11H21F3N2O/c1-17-8-10-2-5-16(6-3-10)7-4-15-9-11(12,13)14/h10,15H,2-9H2,1H3. The van der Waals surface area contributed by atoms with E-state index in [1.807, 2.05) is 0 Å². The summed E-state index contributed by atoms with van der Waals surface area (Å²) in [5.41, 5.74) is 0. The molecule has 0 radical (unpaired) electrons. The topological polar surface area (TPSA) is 24.5 Å². The number of nitrogens with zero attached hydrogens (tertiary/aromatic N) is 1. The molecule has 6 heteroatoms. The van der Waals surface area contributed by atoms with E-state index in [4.69, 9.17) is 4.74 Å². The molecule has 0 unspecified atom stereocenters. The third-order valence-electron chi connectivity index (χ3n) is 3.04. The number of hydrogen-bond donors (Lipinski definition) is 1. The van der Waals surface area contributed by atoms with Crippen LogP contribution in [0.5, 0.6) is 0 Å². The highest BCUT2D eigenvalue weighted by Crippen LogP contribution is 2.16. The maximum Gasteiger partial charge on any atom is 0.401 e. The molecule has 0 aromatic heterocycles. The molecule has 1 N–H and O–H groups in total. The minimum atomic E-state index is -4.11. The van der Waals surface area contributed by atoms with Crippen molar-refractivity contribution in [2.45, 2.75) is 19.0 Å². The quantitative estimate of drug-likeness (QED) is 0.727. The van der Waals surface area contributed by atoms with Crippen LogP contribution in [0.3, 0.4) is 0 Å². The summed E-state index contributed by atoms with van der Waals surface area (Å²) in [5.74, 6) is 0.611. The Balaban J connectivity index is 2.02. The number of alkyl halides is 3. The molecule has 1 saturated heterocycles. The Labute approximate surface area is 100 Å². The van der Waals surface area contributed by atoms with Gasteiger partial charge < -0.3 is 15.0 Å². The van der Waals surface area contributed by atoms with E-state index in [0.717, 1.165) is 32.5 Å². The van der Waals surface area contributed by atoms with Crippen LogP contribution in [0, 0.1) is 5.92 Å². The van der Waals surface area contributed by atoms with Crippen LogP contribution in [0.4, 0.5) is 13.2 Å². The highest BCUT2D eigenvalue weighted by Gasteiger charge is 2.26. The van der Waals surface area contributed by atoms with E-state index in [1.54, 1.807) is 7.11 Å². The summed E-state index contributed by atoms with van der Waals surface area (Å²) in [4.78, 5) is 2.20. The third kappa shape index (κ3) is 6.85. The summed E-state index contributed by atoms with van der Waals surface area (Å²) < 4.78 is 40.7. The molecule has 0 aromatic rings. The molecular formula is C11H21F3N2O. The van der Waals surface area contributed by atoms with E-state index in [-0.39, 0.29) is 0 Å². The van der Waals surface area contributed by atoms with Gasteiger partial charge >= 0.3 is 6.18 Å². The van der Waals surface area contributed by atoms with Crippen LogP contribution in [-0.2, 0) is 4.74 Å². The van der Waals surface area contributed by atoms with E-state index in [0.29, 0.717) is 19.0 Å². The van der Waals surface area contributed by atoms with E-state index in [1.165, 1.54) is 0 Å². The lowest BCUT2D eigenvalue weighted by Gasteiger charge is -2.31. The Kier molecular flexibility index (Phi) is 6.22.